The van der Waals surface area contributed by atoms with Gasteiger partial charge in [0, 0.05) is 22.8 Å². The van der Waals surface area contributed by atoms with Crippen molar-refractivity contribution in [2.24, 2.45) is 0 Å². The van der Waals surface area contributed by atoms with Crippen LogP contribution < -0.4 is 9.64 Å². The van der Waals surface area contributed by atoms with Crippen LogP contribution in [0.3, 0.4) is 0 Å². The van der Waals surface area contributed by atoms with E-state index in [1.165, 1.54) is 10.8 Å². The van der Waals surface area contributed by atoms with Gasteiger partial charge in [-0.3, -0.25) is 0 Å². The van der Waals surface area contributed by atoms with Crippen molar-refractivity contribution in [1.82, 2.24) is 0 Å². The summed E-state index contributed by atoms with van der Waals surface area (Å²) in [6.07, 6.45) is 5.25. The summed E-state index contributed by atoms with van der Waals surface area (Å²) in [7, 11) is 0. The van der Waals surface area contributed by atoms with E-state index in [2.05, 4.69) is 109 Å². The second-order valence-corrected chi connectivity index (χ2v) is 8.29. The van der Waals surface area contributed by atoms with Gasteiger partial charge in [0.05, 0.1) is 5.69 Å². The highest BCUT2D eigenvalue weighted by molar-refractivity contribution is 5.98. The lowest BCUT2D eigenvalue weighted by atomic mass is 10.1. The Labute approximate surface area is 211 Å². The van der Waals surface area contributed by atoms with Crippen LogP contribution in [-0.4, -0.2) is 5.97 Å². The topological polar surface area (TPSA) is 29.5 Å². The van der Waals surface area contributed by atoms with E-state index < -0.39 is 5.97 Å². The first-order chi connectivity index (χ1) is 17.7. The normalized spacial score (nSPS) is 10.9. The molecular weight excluding hydrogens is 442 g/mol. The molecule has 5 aromatic carbocycles. The number of esters is 1. The predicted octanol–water partition coefficient (Wildman–Crippen LogP) is 8.57. The summed E-state index contributed by atoms with van der Waals surface area (Å²) in [6, 6.07) is 41.2. The maximum Gasteiger partial charge on any atom is 0.335 e. The third-order valence-corrected chi connectivity index (χ3v) is 5.91. The van der Waals surface area contributed by atoms with Crippen molar-refractivity contribution in [3.63, 3.8) is 0 Å². The van der Waals surface area contributed by atoms with Gasteiger partial charge in [-0.1, -0.05) is 97.6 Å². The zero-order valence-corrected chi connectivity index (χ0v) is 19.7. The second-order valence-electron chi connectivity index (χ2n) is 8.29. The van der Waals surface area contributed by atoms with Crippen LogP contribution in [-0.2, 0) is 4.79 Å². The molecule has 0 atom stereocenters. The molecule has 3 heteroatoms. The first kappa shape index (κ1) is 22.9. The van der Waals surface area contributed by atoms with Crippen molar-refractivity contribution in [1.29, 1.82) is 0 Å². The molecular formula is C33H25NO2. The maximum absolute atomic E-state index is 11.3. The van der Waals surface area contributed by atoms with Crippen LogP contribution in [0.25, 0.3) is 22.9 Å². The van der Waals surface area contributed by atoms with Gasteiger partial charge in [0.25, 0.3) is 0 Å². The lowest BCUT2D eigenvalue weighted by Gasteiger charge is -2.27. The molecule has 0 radical (unpaired) electrons. The summed E-state index contributed by atoms with van der Waals surface area (Å²) in [5, 5.41) is 2.41. The Hall–Kier alpha value is -4.89. The first-order valence-corrected chi connectivity index (χ1v) is 11.8. The molecule has 0 saturated carbocycles. The molecule has 0 aromatic heterocycles. The summed E-state index contributed by atoms with van der Waals surface area (Å²) in [4.78, 5) is 13.6. The average molecular weight is 468 g/mol. The van der Waals surface area contributed by atoms with Gasteiger partial charge in [-0.25, -0.2) is 4.79 Å². The van der Waals surface area contributed by atoms with Crippen molar-refractivity contribution in [2.75, 3.05) is 4.90 Å². The molecule has 0 spiro atoms. The fourth-order valence-electron chi connectivity index (χ4n) is 4.14. The van der Waals surface area contributed by atoms with E-state index in [1.807, 2.05) is 24.3 Å². The SMILES string of the molecule is C=CC(=O)Oc1ccc(C=Cc2ccc(N(c3ccccc3)c3cccc4ccccc34)cc2)cc1. The van der Waals surface area contributed by atoms with Crippen molar-refractivity contribution < 1.29 is 9.53 Å². The number of rotatable bonds is 7. The second kappa shape index (κ2) is 10.6. The number of carbonyl (C=O) groups excluding carboxylic acids is 1. The van der Waals surface area contributed by atoms with E-state index >= 15 is 0 Å². The molecule has 5 aromatic rings. The Kier molecular flexibility index (Phi) is 6.72. The highest BCUT2D eigenvalue weighted by atomic mass is 16.5. The highest BCUT2D eigenvalue weighted by Crippen LogP contribution is 2.38. The molecule has 174 valence electrons. The molecule has 5 rings (SSSR count). The lowest BCUT2D eigenvalue weighted by Crippen LogP contribution is -2.10. The third-order valence-electron chi connectivity index (χ3n) is 5.91. The fourth-order valence-corrected chi connectivity index (χ4v) is 4.14. The van der Waals surface area contributed by atoms with Gasteiger partial charge in [-0.2, -0.15) is 0 Å². The first-order valence-electron chi connectivity index (χ1n) is 11.8. The van der Waals surface area contributed by atoms with Gasteiger partial charge in [0.15, 0.2) is 0 Å². The molecule has 0 heterocycles. The Balaban J connectivity index is 1.43. The van der Waals surface area contributed by atoms with E-state index in [4.69, 9.17) is 4.74 Å². The van der Waals surface area contributed by atoms with Crippen LogP contribution in [0.2, 0.25) is 0 Å². The largest absolute Gasteiger partial charge is 0.423 e. The van der Waals surface area contributed by atoms with Gasteiger partial charge in [-0.15, -0.1) is 0 Å². The molecule has 3 nitrogen and oxygen atoms in total. The Morgan fingerprint density at radius 3 is 1.92 bits per heavy atom. The Morgan fingerprint density at radius 1 is 0.639 bits per heavy atom. The molecule has 0 aliphatic heterocycles. The number of ether oxygens (including phenoxy) is 1. The van der Waals surface area contributed by atoms with E-state index in [1.54, 1.807) is 12.1 Å². The molecule has 0 fully saturated rings. The molecule has 0 saturated heterocycles. The summed E-state index contributed by atoms with van der Waals surface area (Å²) in [5.74, 6) is 0.0299. The molecule has 0 N–H and O–H groups in total. The van der Waals surface area contributed by atoms with Crippen molar-refractivity contribution in [3.05, 3.63) is 145 Å². The van der Waals surface area contributed by atoms with Gasteiger partial charge >= 0.3 is 5.97 Å². The molecule has 0 aliphatic rings. The number of anilines is 3. The van der Waals surface area contributed by atoms with Crippen molar-refractivity contribution in [3.8, 4) is 5.75 Å². The third kappa shape index (κ3) is 5.11. The standard InChI is InChI=1S/C33H25NO2/c1-2-33(35)36-30-23-19-26(20-24-30)16-15-25-17-21-29(22-18-25)34(28-11-4-3-5-12-28)32-14-8-10-27-9-6-7-13-31(27)32/h2-24H,1H2. The van der Waals surface area contributed by atoms with Crippen LogP contribution in [0.4, 0.5) is 17.1 Å². The van der Waals surface area contributed by atoms with Crippen LogP contribution in [0.1, 0.15) is 11.1 Å². The quantitative estimate of drug-likeness (QED) is 0.104. The fraction of sp³-hybridized carbons (Fsp3) is 0. The van der Waals surface area contributed by atoms with E-state index in [-0.39, 0.29) is 0 Å². The minimum atomic E-state index is -0.466. The number of para-hydroxylation sites is 1. The number of hydrogen-bond acceptors (Lipinski definition) is 3. The number of fused-ring (bicyclic) bond motifs is 1. The zero-order chi connectivity index (χ0) is 24.7. The predicted molar refractivity (Wildman–Crippen MR) is 150 cm³/mol. The smallest absolute Gasteiger partial charge is 0.335 e. The Morgan fingerprint density at radius 2 is 1.22 bits per heavy atom. The van der Waals surface area contributed by atoms with Crippen molar-refractivity contribution in [2.45, 2.75) is 0 Å². The van der Waals surface area contributed by atoms with Crippen LogP contribution in [0, 0.1) is 0 Å². The van der Waals surface area contributed by atoms with Gasteiger partial charge in [0.2, 0.25) is 0 Å². The number of benzene rings is 5. The van der Waals surface area contributed by atoms with E-state index in [0.717, 1.165) is 34.3 Å². The van der Waals surface area contributed by atoms with Gasteiger partial charge in [0.1, 0.15) is 5.75 Å². The minimum absolute atomic E-state index is 0.466. The highest BCUT2D eigenvalue weighted by Gasteiger charge is 2.14. The maximum atomic E-state index is 11.3. The van der Waals surface area contributed by atoms with Crippen molar-refractivity contribution >= 4 is 46.0 Å². The monoisotopic (exact) mass is 467 g/mol. The van der Waals surface area contributed by atoms with E-state index in [9.17, 15) is 4.79 Å². The summed E-state index contributed by atoms with van der Waals surface area (Å²) in [5.41, 5.74) is 5.43. The minimum Gasteiger partial charge on any atom is -0.423 e. The molecule has 36 heavy (non-hydrogen) atoms. The van der Waals surface area contributed by atoms with Crippen LogP contribution in [0.5, 0.6) is 5.75 Å². The summed E-state index contributed by atoms with van der Waals surface area (Å²) >= 11 is 0. The summed E-state index contributed by atoms with van der Waals surface area (Å²) < 4.78 is 5.13. The molecule has 0 bridgehead atoms. The molecule has 0 aliphatic carbocycles. The summed E-state index contributed by atoms with van der Waals surface area (Å²) in [6.45, 7) is 3.41. The number of carbonyl (C=O) groups is 1. The average Bonchev–Trinajstić information content (AvgIpc) is 2.94. The molecule has 0 amide bonds. The van der Waals surface area contributed by atoms with Crippen LogP contribution in [0.15, 0.2) is 134 Å². The molecule has 0 unspecified atom stereocenters. The zero-order valence-electron chi connectivity index (χ0n) is 19.7. The van der Waals surface area contributed by atoms with E-state index in [0.29, 0.717) is 5.75 Å². The Bertz CT molecular complexity index is 1510. The number of hydrogen-bond donors (Lipinski definition) is 0. The number of nitrogens with zero attached hydrogens (tertiary/aromatic N) is 1. The van der Waals surface area contributed by atoms with Gasteiger partial charge < -0.3 is 9.64 Å². The van der Waals surface area contributed by atoms with Crippen LogP contribution >= 0.6 is 0 Å². The lowest BCUT2D eigenvalue weighted by molar-refractivity contribution is -0.128. The van der Waals surface area contributed by atoms with Gasteiger partial charge in [-0.05, 0) is 59.0 Å².